The summed E-state index contributed by atoms with van der Waals surface area (Å²) in [4.78, 5) is 7.61. The first-order valence-corrected chi connectivity index (χ1v) is 4.41. The predicted octanol–water partition coefficient (Wildman–Crippen LogP) is 1.45. The molecule has 0 amide bonds. The third-order valence-corrected chi connectivity index (χ3v) is 1.51. The van der Waals surface area contributed by atoms with Crippen molar-refractivity contribution in [1.29, 1.82) is 5.41 Å². The van der Waals surface area contributed by atoms with Crippen LogP contribution >= 0.6 is 0 Å². The van der Waals surface area contributed by atoms with Crippen molar-refractivity contribution in [1.82, 2.24) is 9.97 Å². The van der Waals surface area contributed by atoms with Gasteiger partial charge in [-0.1, -0.05) is 12.1 Å². The maximum absolute atomic E-state index is 6.95. The van der Waals surface area contributed by atoms with E-state index in [9.17, 15) is 0 Å². The molecule has 0 bridgehead atoms. The molecule has 0 aliphatic carbocycles. The van der Waals surface area contributed by atoms with E-state index in [1.807, 2.05) is 18.2 Å². The number of rotatable bonds is 1. The second-order valence-corrected chi connectivity index (χ2v) is 2.65. The van der Waals surface area contributed by atoms with E-state index in [1.165, 1.54) is 0 Å². The van der Waals surface area contributed by atoms with Crippen molar-refractivity contribution in [3.05, 3.63) is 60.7 Å². The highest BCUT2D eigenvalue weighted by Gasteiger charge is 1.91. The summed E-state index contributed by atoms with van der Waals surface area (Å²) in [5, 5.41) is 6.95. The Balaban J connectivity index is 0.000000162. The van der Waals surface area contributed by atoms with Gasteiger partial charge in [-0.3, -0.25) is 15.4 Å². The topological polar surface area (TPSA) is 75.7 Å². The van der Waals surface area contributed by atoms with Gasteiger partial charge in [-0.25, -0.2) is 0 Å². The van der Waals surface area contributed by atoms with E-state index >= 15 is 0 Å². The number of nitrogens with zero attached hydrogens (tertiary/aromatic N) is 2. The molecule has 0 saturated carbocycles. The molecular weight excluding hydrogens is 188 g/mol. The van der Waals surface area contributed by atoms with E-state index in [1.54, 1.807) is 36.8 Å². The van der Waals surface area contributed by atoms with Crippen LogP contribution in [0.15, 0.2) is 55.0 Å². The molecule has 0 saturated heterocycles. The number of nitrogen functional groups attached to an aromatic ring is 1. The molecule has 2 rings (SSSR count). The third kappa shape index (κ3) is 4.52. The van der Waals surface area contributed by atoms with Crippen molar-refractivity contribution in [3.8, 4) is 0 Å². The average Bonchev–Trinajstić information content (AvgIpc) is 2.33. The van der Waals surface area contributed by atoms with Crippen molar-refractivity contribution in [2.75, 3.05) is 0 Å². The predicted molar refractivity (Wildman–Crippen MR) is 59.5 cm³/mol. The molecule has 15 heavy (non-hydrogen) atoms. The highest BCUT2D eigenvalue weighted by molar-refractivity contribution is 5.92. The van der Waals surface area contributed by atoms with Gasteiger partial charge in [0.1, 0.15) is 11.5 Å². The maximum Gasteiger partial charge on any atom is 0.141 e. The van der Waals surface area contributed by atoms with Gasteiger partial charge in [-0.15, -0.1) is 0 Å². The molecule has 0 aromatic carbocycles. The van der Waals surface area contributed by atoms with Crippen LogP contribution in [0.4, 0.5) is 0 Å². The van der Waals surface area contributed by atoms with Crippen LogP contribution in [0.1, 0.15) is 5.69 Å². The fourth-order valence-corrected chi connectivity index (χ4v) is 0.835. The van der Waals surface area contributed by atoms with Crippen molar-refractivity contribution in [2.24, 2.45) is 5.73 Å². The van der Waals surface area contributed by atoms with E-state index < -0.39 is 0 Å². The Morgan fingerprint density at radius 2 is 1.67 bits per heavy atom. The van der Waals surface area contributed by atoms with Gasteiger partial charge in [0.25, 0.3) is 0 Å². The molecule has 2 aromatic heterocycles. The fraction of sp³-hybridized carbons (Fsp3) is 0. The summed E-state index contributed by atoms with van der Waals surface area (Å²) < 4.78 is 0. The molecule has 0 aliphatic heterocycles. The Labute approximate surface area is 88.3 Å². The van der Waals surface area contributed by atoms with Gasteiger partial charge in [0, 0.05) is 18.6 Å². The molecule has 0 radical (unpaired) electrons. The van der Waals surface area contributed by atoms with Gasteiger partial charge in [0.15, 0.2) is 0 Å². The van der Waals surface area contributed by atoms with Gasteiger partial charge in [0.2, 0.25) is 0 Å². The van der Waals surface area contributed by atoms with Gasteiger partial charge >= 0.3 is 0 Å². The Morgan fingerprint density at radius 1 is 1.00 bits per heavy atom. The van der Waals surface area contributed by atoms with Crippen LogP contribution in [-0.4, -0.2) is 15.8 Å². The van der Waals surface area contributed by atoms with Crippen molar-refractivity contribution in [2.45, 2.75) is 0 Å². The Kier molecular flexibility index (Phi) is 4.53. The second-order valence-electron chi connectivity index (χ2n) is 2.65. The first-order valence-electron chi connectivity index (χ1n) is 4.41. The zero-order chi connectivity index (χ0) is 10.9. The molecule has 4 nitrogen and oxygen atoms in total. The molecule has 3 N–H and O–H groups in total. The number of hydrogen-bond acceptors (Lipinski definition) is 3. The minimum atomic E-state index is 0.00981. The zero-order valence-electron chi connectivity index (χ0n) is 8.17. The molecule has 2 heterocycles. The molecule has 0 spiro atoms. The van der Waals surface area contributed by atoms with Crippen molar-refractivity contribution < 1.29 is 0 Å². The van der Waals surface area contributed by atoms with Crippen LogP contribution in [0.2, 0.25) is 0 Å². The monoisotopic (exact) mass is 200 g/mol. The second kappa shape index (κ2) is 6.26. The van der Waals surface area contributed by atoms with Crippen LogP contribution < -0.4 is 5.73 Å². The van der Waals surface area contributed by atoms with Crippen molar-refractivity contribution in [3.63, 3.8) is 0 Å². The van der Waals surface area contributed by atoms with Crippen LogP contribution in [0.3, 0.4) is 0 Å². The van der Waals surface area contributed by atoms with Crippen LogP contribution in [0.5, 0.6) is 0 Å². The van der Waals surface area contributed by atoms with Crippen LogP contribution in [-0.2, 0) is 0 Å². The molecule has 76 valence electrons. The molecule has 0 aliphatic rings. The van der Waals surface area contributed by atoms with Gasteiger partial charge < -0.3 is 5.73 Å². The third-order valence-electron chi connectivity index (χ3n) is 1.51. The minimum absolute atomic E-state index is 0.00981. The highest BCUT2D eigenvalue weighted by atomic mass is 14.8. The van der Waals surface area contributed by atoms with Gasteiger partial charge in [-0.05, 0) is 24.3 Å². The molecule has 2 aromatic rings. The number of nitrogens with two attached hydrogens (primary N) is 1. The minimum Gasteiger partial charge on any atom is -0.382 e. The smallest absolute Gasteiger partial charge is 0.141 e. The molecule has 0 fully saturated rings. The molecule has 0 atom stereocenters. The fourth-order valence-electron chi connectivity index (χ4n) is 0.835. The van der Waals surface area contributed by atoms with E-state index in [2.05, 4.69) is 9.97 Å². The van der Waals surface area contributed by atoms with Gasteiger partial charge in [-0.2, -0.15) is 0 Å². The van der Waals surface area contributed by atoms with Crippen molar-refractivity contribution >= 4 is 5.84 Å². The molecule has 4 heteroatoms. The Morgan fingerprint density at radius 3 is 1.93 bits per heavy atom. The summed E-state index contributed by atoms with van der Waals surface area (Å²) in [6.45, 7) is 0. The van der Waals surface area contributed by atoms with E-state index in [0.717, 1.165) is 0 Å². The highest BCUT2D eigenvalue weighted by Crippen LogP contribution is 1.88. The zero-order valence-corrected chi connectivity index (χ0v) is 8.17. The summed E-state index contributed by atoms with van der Waals surface area (Å²) in [6, 6.07) is 11.0. The summed E-state index contributed by atoms with van der Waals surface area (Å²) >= 11 is 0. The first kappa shape index (κ1) is 10.8. The maximum atomic E-state index is 6.95. The number of hydrogen-bond donors (Lipinski definition) is 2. The summed E-state index contributed by atoms with van der Waals surface area (Å²) in [7, 11) is 0. The largest absolute Gasteiger partial charge is 0.382 e. The number of pyridine rings is 2. The number of amidine groups is 1. The van der Waals surface area contributed by atoms with Crippen LogP contribution in [0, 0.1) is 5.41 Å². The normalized spacial score (nSPS) is 8.53. The lowest BCUT2D eigenvalue weighted by atomic mass is 10.3. The Bertz CT molecular complexity index is 359. The number of nitrogens with one attached hydrogen (secondary N) is 1. The summed E-state index contributed by atoms with van der Waals surface area (Å²) in [6.07, 6.45) is 5.11. The molecule has 0 unspecified atom stereocenters. The van der Waals surface area contributed by atoms with E-state index in [4.69, 9.17) is 11.1 Å². The quantitative estimate of drug-likeness (QED) is 0.540. The standard InChI is InChI=1S/C6H7N3.C5H5N/c7-6(8)5-3-1-2-4-9-5;1-2-4-6-5-3-1/h1-4H,(H3,7,8);1-5H. The van der Waals surface area contributed by atoms with E-state index in [-0.39, 0.29) is 5.84 Å². The average molecular weight is 200 g/mol. The Hall–Kier alpha value is -2.23. The van der Waals surface area contributed by atoms with Gasteiger partial charge in [0.05, 0.1) is 0 Å². The number of aromatic nitrogens is 2. The summed E-state index contributed by atoms with van der Waals surface area (Å²) in [5.41, 5.74) is 5.66. The van der Waals surface area contributed by atoms with E-state index in [0.29, 0.717) is 5.69 Å². The SMILES string of the molecule is N=C(N)c1ccccn1.c1ccncc1. The summed E-state index contributed by atoms with van der Waals surface area (Å²) in [5.74, 6) is 0.00981. The lowest BCUT2D eigenvalue weighted by Gasteiger charge is -1.91. The molecular formula is C11H12N4. The first-order chi connectivity index (χ1) is 7.30. The lowest BCUT2D eigenvalue weighted by Crippen LogP contribution is -2.12. The van der Waals surface area contributed by atoms with Crippen LogP contribution in [0.25, 0.3) is 0 Å². The lowest BCUT2D eigenvalue weighted by molar-refractivity contribution is 1.26.